The van der Waals surface area contributed by atoms with Gasteiger partial charge in [-0.1, -0.05) is 83.5 Å². The van der Waals surface area contributed by atoms with Crippen LogP contribution in [0.15, 0.2) is 89.5 Å². The van der Waals surface area contributed by atoms with Gasteiger partial charge in [-0.25, -0.2) is 0 Å². The van der Waals surface area contributed by atoms with Gasteiger partial charge in [0, 0.05) is 17.3 Å². The summed E-state index contributed by atoms with van der Waals surface area (Å²) < 4.78 is 0. The van der Waals surface area contributed by atoms with Crippen LogP contribution < -0.4 is 10.2 Å². The van der Waals surface area contributed by atoms with Crippen LogP contribution in [-0.2, 0) is 22.4 Å². The summed E-state index contributed by atoms with van der Waals surface area (Å²) in [5, 5.41) is 13.3. The average molecular weight is 502 g/mol. The van der Waals surface area contributed by atoms with Crippen molar-refractivity contribution in [2.75, 3.05) is 11.4 Å². The normalized spacial score (nSPS) is 16.7. The van der Waals surface area contributed by atoms with E-state index in [0.29, 0.717) is 35.1 Å². The Labute approximate surface area is 214 Å². The number of aryl methyl sites for hydroxylation is 1. The summed E-state index contributed by atoms with van der Waals surface area (Å²) in [6.07, 6.45) is 1.11. The Morgan fingerprint density at radius 1 is 1.03 bits per heavy atom. The van der Waals surface area contributed by atoms with Crippen LogP contribution in [0.1, 0.15) is 16.7 Å². The Kier molecular flexibility index (Phi) is 7.91. The smallest absolute Gasteiger partial charge is 0.264 e. The first-order valence-electron chi connectivity index (χ1n) is 11.2. The van der Waals surface area contributed by atoms with E-state index < -0.39 is 11.2 Å². The molecule has 1 atom stereocenters. The Morgan fingerprint density at radius 3 is 2.37 bits per heavy atom. The molecule has 0 aromatic heterocycles. The highest BCUT2D eigenvalue weighted by Gasteiger charge is 2.40. The van der Waals surface area contributed by atoms with Crippen molar-refractivity contribution < 1.29 is 9.59 Å². The van der Waals surface area contributed by atoms with Crippen LogP contribution in [0.25, 0.3) is 0 Å². The van der Waals surface area contributed by atoms with Crippen molar-refractivity contribution >= 4 is 40.9 Å². The fourth-order valence-electron chi connectivity index (χ4n) is 3.80. The maximum Gasteiger partial charge on any atom is 0.264 e. The van der Waals surface area contributed by atoms with Gasteiger partial charge in [0.2, 0.25) is 5.91 Å². The maximum absolute atomic E-state index is 13.5. The van der Waals surface area contributed by atoms with Crippen LogP contribution >= 0.6 is 23.4 Å². The van der Waals surface area contributed by atoms with Crippen molar-refractivity contribution in [1.82, 2.24) is 5.32 Å². The highest BCUT2D eigenvalue weighted by molar-refractivity contribution is 8.05. The zero-order chi connectivity index (χ0) is 24.8. The molecule has 1 aliphatic rings. The maximum atomic E-state index is 13.5. The lowest BCUT2D eigenvalue weighted by molar-refractivity contribution is -0.117. The van der Waals surface area contributed by atoms with Crippen molar-refractivity contribution in [1.29, 1.82) is 5.26 Å². The molecular formula is C28H24ClN3O2S. The summed E-state index contributed by atoms with van der Waals surface area (Å²) in [6, 6.07) is 26.7. The van der Waals surface area contributed by atoms with Crippen LogP contribution in [0.4, 0.5) is 5.69 Å². The molecule has 2 amide bonds. The van der Waals surface area contributed by atoms with Gasteiger partial charge in [-0.05, 0) is 55.2 Å². The van der Waals surface area contributed by atoms with E-state index in [-0.39, 0.29) is 11.5 Å². The Morgan fingerprint density at radius 2 is 1.71 bits per heavy atom. The number of nitrogens with one attached hydrogen (secondary N) is 1. The van der Waals surface area contributed by atoms with Gasteiger partial charge in [-0.2, -0.15) is 5.26 Å². The summed E-state index contributed by atoms with van der Waals surface area (Å²) in [4.78, 5) is 28.1. The molecule has 1 heterocycles. The lowest BCUT2D eigenvalue weighted by Crippen LogP contribution is -2.32. The second-order valence-electron chi connectivity index (χ2n) is 8.23. The van der Waals surface area contributed by atoms with E-state index in [2.05, 4.69) is 11.4 Å². The van der Waals surface area contributed by atoms with Gasteiger partial charge in [0.15, 0.2) is 0 Å². The van der Waals surface area contributed by atoms with Crippen LogP contribution in [-0.4, -0.2) is 23.6 Å². The van der Waals surface area contributed by atoms with Gasteiger partial charge >= 0.3 is 0 Å². The lowest BCUT2D eigenvalue weighted by Gasteiger charge is -2.19. The summed E-state index contributed by atoms with van der Waals surface area (Å²) >= 11 is 7.26. The number of anilines is 1. The van der Waals surface area contributed by atoms with E-state index in [9.17, 15) is 14.9 Å². The summed E-state index contributed by atoms with van der Waals surface area (Å²) in [7, 11) is 0. The van der Waals surface area contributed by atoms with E-state index in [1.807, 2.05) is 73.7 Å². The molecule has 1 aliphatic heterocycles. The molecule has 0 bridgehead atoms. The quantitative estimate of drug-likeness (QED) is 0.346. The number of amides is 2. The first kappa shape index (κ1) is 24.6. The first-order valence-corrected chi connectivity index (χ1v) is 12.5. The number of nitriles is 1. The molecule has 3 aromatic rings. The minimum Gasteiger partial charge on any atom is -0.351 e. The number of benzene rings is 3. The topological polar surface area (TPSA) is 73.2 Å². The zero-order valence-corrected chi connectivity index (χ0v) is 20.8. The minimum absolute atomic E-state index is 0.0596. The number of hydrogen-bond acceptors (Lipinski definition) is 4. The number of halogens is 1. The molecule has 7 heteroatoms. The molecule has 0 spiro atoms. The van der Waals surface area contributed by atoms with Crippen LogP contribution in [0.5, 0.6) is 0 Å². The number of thioether (sulfide) groups is 1. The molecule has 35 heavy (non-hydrogen) atoms. The second-order valence-corrected chi connectivity index (χ2v) is 9.86. The third kappa shape index (κ3) is 5.94. The van der Waals surface area contributed by atoms with Gasteiger partial charge in [0.25, 0.3) is 5.91 Å². The molecule has 0 unspecified atom stereocenters. The zero-order valence-electron chi connectivity index (χ0n) is 19.2. The predicted molar refractivity (Wildman–Crippen MR) is 141 cm³/mol. The van der Waals surface area contributed by atoms with Crippen LogP contribution in [0.3, 0.4) is 0 Å². The largest absolute Gasteiger partial charge is 0.351 e. The fourth-order valence-corrected chi connectivity index (χ4v) is 5.24. The molecule has 1 saturated heterocycles. The van der Waals surface area contributed by atoms with E-state index in [1.54, 1.807) is 12.1 Å². The third-order valence-electron chi connectivity index (χ3n) is 5.67. The summed E-state index contributed by atoms with van der Waals surface area (Å²) in [6.45, 7) is 2.35. The molecule has 0 radical (unpaired) electrons. The lowest BCUT2D eigenvalue weighted by atomic mass is 10.1. The van der Waals surface area contributed by atoms with Gasteiger partial charge < -0.3 is 5.32 Å². The minimum atomic E-state index is -0.483. The number of hydrogen-bond donors (Lipinski definition) is 1. The summed E-state index contributed by atoms with van der Waals surface area (Å²) in [5.41, 5.74) is 3.67. The molecule has 1 N–H and O–H groups in total. The monoisotopic (exact) mass is 501 g/mol. The molecule has 1 fully saturated rings. The summed E-state index contributed by atoms with van der Waals surface area (Å²) in [5.74, 6) is -0.642. The van der Waals surface area contributed by atoms with Crippen molar-refractivity contribution in [3.8, 4) is 6.07 Å². The van der Waals surface area contributed by atoms with Crippen LogP contribution in [0.2, 0.25) is 5.02 Å². The highest BCUT2D eigenvalue weighted by Crippen LogP contribution is 2.42. The number of rotatable bonds is 7. The number of carbonyl (C=O) groups is 2. The fraction of sp³-hybridized carbons (Fsp3) is 0.179. The Bertz CT molecular complexity index is 1280. The van der Waals surface area contributed by atoms with E-state index in [1.165, 1.54) is 16.7 Å². The van der Waals surface area contributed by atoms with E-state index in [0.717, 1.165) is 16.7 Å². The number of carbonyl (C=O) groups excluding carboxylic acids is 2. The Hall–Kier alpha value is -3.53. The van der Waals surface area contributed by atoms with Crippen molar-refractivity contribution in [3.63, 3.8) is 0 Å². The second kappa shape index (κ2) is 11.3. The van der Waals surface area contributed by atoms with Gasteiger partial charge in [0.1, 0.15) is 16.7 Å². The molecule has 176 valence electrons. The van der Waals surface area contributed by atoms with Crippen LogP contribution in [0, 0.1) is 18.3 Å². The standard InChI is InChI=1S/C28H24ClN3O2S/c1-19-7-13-23(14-8-19)32-27(34)25(17-21-9-11-22(29)12-10-21)35-28(32)24(18-30)26(33)31-16-15-20-5-3-2-4-6-20/h2-14,25H,15-17H2,1H3,(H,31,33)/b28-24+/t25-/m1/s1. The first-order chi connectivity index (χ1) is 17.0. The molecule has 0 saturated carbocycles. The highest BCUT2D eigenvalue weighted by atomic mass is 35.5. The van der Waals surface area contributed by atoms with E-state index in [4.69, 9.17) is 11.6 Å². The van der Waals surface area contributed by atoms with Crippen molar-refractivity contribution in [2.24, 2.45) is 0 Å². The van der Waals surface area contributed by atoms with Gasteiger partial charge in [0.05, 0.1) is 5.25 Å². The molecule has 5 nitrogen and oxygen atoms in total. The average Bonchev–Trinajstić information content (AvgIpc) is 3.17. The predicted octanol–water partition coefficient (Wildman–Crippen LogP) is 5.43. The van der Waals surface area contributed by atoms with Gasteiger partial charge in [-0.3, -0.25) is 14.5 Å². The molecule has 3 aromatic carbocycles. The SMILES string of the molecule is Cc1ccc(N2C(=O)[C@@H](Cc3ccc(Cl)cc3)S/C2=C(\C#N)C(=O)NCCc2ccccc2)cc1. The Balaban J connectivity index is 1.61. The molecular weight excluding hydrogens is 478 g/mol. The van der Waals surface area contributed by atoms with Crippen molar-refractivity contribution in [2.45, 2.75) is 25.0 Å². The van der Waals surface area contributed by atoms with Crippen molar-refractivity contribution in [3.05, 3.63) is 111 Å². The van der Waals surface area contributed by atoms with E-state index >= 15 is 0 Å². The van der Waals surface area contributed by atoms with Gasteiger partial charge in [-0.15, -0.1) is 0 Å². The third-order valence-corrected chi connectivity index (χ3v) is 7.19. The molecule has 4 rings (SSSR count). The number of nitrogens with zero attached hydrogens (tertiary/aromatic N) is 2. The molecule has 0 aliphatic carbocycles.